The van der Waals surface area contributed by atoms with E-state index >= 15 is 0 Å². The number of esters is 2. The summed E-state index contributed by atoms with van der Waals surface area (Å²) in [6, 6.07) is 4.98. The first-order valence-electron chi connectivity index (χ1n) is 9.75. The Kier molecular flexibility index (Phi) is 5.55. The van der Waals surface area contributed by atoms with Gasteiger partial charge in [-0.2, -0.15) is 0 Å². The highest BCUT2D eigenvalue weighted by molar-refractivity contribution is 6.35. The molecule has 0 N–H and O–H groups in total. The first-order chi connectivity index (χ1) is 13.7. The molecule has 2 aliphatic carbocycles. The molecule has 0 aromatic heterocycles. The molecular weight excluding hydrogens is 372 g/mol. The Labute approximate surface area is 169 Å². The van der Waals surface area contributed by atoms with Gasteiger partial charge in [0.1, 0.15) is 5.75 Å². The van der Waals surface area contributed by atoms with Crippen LogP contribution in [0.1, 0.15) is 64.0 Å². The molecule has 1 saturated carbocycles. The van der Waals surface area contributed by atoms with Crippen molar-refractivity contribution in [3.05, 3.63) is 52.6 Å². The van der Waals surface area contributed by atoms with Crippen LogP contribution in [0.3, 0.4) is 0 Å². The predicted octanol–water partition coefficient (Wildman–Crippen LogP) is 3.68. The Morgan fingerprint density at radius 3 is 2.10 bits per heavy atom. The van der Waals surface area contributed by atoms with Crippen LogP contribution in [0.5, 0.6) is 5.75 Å². The van der Waals surface area contributed by atoms with Crippen molar-refractivity contribution in [3.8, 4) is 5.75 Å². The van der Waals surface area contributed by atoms with Gasteiger partial charge < -0.3 is 9.47 Å². The van der Waals surface area contributed by atoms with Gasteiger partial charge in [0.2, 0.25) is 11.6 Å². The van der Waals surface area contributed by atoms with Crippen molar-refractivity contribution in [2.24, 2.45) is 0 Å². The van der Waals surface area contributed by atoms with E-state index in [4.69, 9.17) is 9.47 Å². The van der Waals surface area contributed by atoms with E-state index < -0.39 is 29.1 Å². The second-order valence-electron chi connectivity index (χ2n) is 7.40. The van der Waals surface area contributed by atoms with Crippen molar-refractivity contribution in [2.45, 2.75) is 58.5 Å². The van der Waals surface area contributed by atoms with Crippen LogP contribution in [0.4, 0.5) is 0 Å². The van der Waals surface area contributed by atoms with Crippen LogP contribution in [0, 0.1) is 0 Å². The number of carbonyl (C=O) groups excluding carboxylic acids is 4. The summed E-state index contributed by atoms with van der Waals surface area (Å²) in [5, 5.41) is 0. The maximum absolute atomic E-state index is 13.4. The molecule has 6 nitrogen and oxygen atoms in total. The third-order valence-electron chi connectivity index (χ3n) is 5.40. The zero-order valence-electron chi connectivity index (χ0n) is 17.0. The molecule has 1 aromatic carbocycles. The van der Waals surface area contributed by atoms with Crippen LogP contribution in [-0.2, 0) is 29.5 Å². The Hall–Kier alpha value is -3.02. The van der Waals surface area contributed by atoms with Crippen LogP contribution in [-0.4, -0.2) is 23.5 Å². The first kappa shape index (κ1) is 20.7. The Bertz CT molecular complexity index is 934. The highest BCUT2D eigenvalue weighted by atomic mass is 16.6. The van der Waals surface area contributed by atoms with E-state index in [9.17, 15) is 19.2 Å². The maximum Gasteiger partial charge on any atom is 0.308 e. The minimum atomic E-state index is -2.18. The van der Waals surface area contributed by atoms with E-state index in [2.05, 4.69) is 0 Å². The largest absolute Gasteiger partial charge is 0.437 e. The van der Waals surface area contributed by atoms with E-state index in [1.807, 2.05) is 13.8 Å². The molecule has 0 spiro atoms. The zero-order valence-corrected chi connectivity index (χ0v) is 17.0. The van der Waals surface area contributed by atoms with Crippen LogP contribution >= 0.6 is 0 Å². The second-order valence-corrected chi connectivity index (χ2v) is 7.40. The summed E-state index contributed by atoms with van der Waals surface area (Å²) in [5.74, 6) is -2.41. The highest BCUT2D eigenvalue weighted by Gasteiger charge is 2.61. The van der Waals surface area contributed by atoms with Crippen molar-refractivity contribution in [1.82, 2.24) is 0 Å². The molecule has 1 fully saturated rings. The second kappa shape index (κ2) is 7.78. The Morgan fingerprint density at radius 1 is 1.03 bits per heavy atom. The van der Waals surface area contributed by atoms with Crippen LogP contribution in [0.25, 0.3) is 0 Å². The lowest BCUT2D eigenvalue weighted by molar-refractivity contribution is -0.168. The number of benzene rings is 1. The van der Waals surface area contributed by atoms with Gasteiger partial charge in [-0.1, -0.05) is 32.1 Å². The SMILES string of the molecule is CCC(C)c1ccc(OC(C)=O)c(C2(OC(C)=O)C(=O)C3=CCCC=C3C2=O)c1. The molecule has 2 aliphatic rings. The predicted molar refractivity (Wildman–Crippen MR) is 105 cm³/mol. The number of hydrogen-bond acceptors (Lipinski definition) is 6. The topological polar surface area (TPSA) is 86.7 Å². The molecule has 152 valence electrons. The third-order valence-corrected chi connectivity index (χ3v) is 5.40. The Morgan fingerprint density at radius 2 is 1.62 bits per heavy atom. The van der Waals surface area contributed by atoms with Crippen molar-refractivity contribution in [1.29, 1.82) is 0 Å². The summed E-state index contributed by atoms with van der Waals surface area (Å²) in [5.41, 5.74) is -0.729. The van der Waals surface area contributed by atoms with Crippen molar-refractivity contribution < 1.29 is 28.7 Å². The lowest BCUT2D eigenvalue weighted by Crippen LogP contribution is -2.43. The molecule has 29 heavy (non-hydrogen) atoms. The molecule has 3 rings (SSSR count). The summed E-state index contributed by atoms with van der Waals surface area (Å²) in [7, 11) is 0. The molecule has 1 unspecified atom stereocenters. The molecule has 0 heterocycles. The molecular formula is C23H24O6. The quantitative estimate of drug-likeness (QED) is 0.429. The smallest absolute Gasteiger partial charge is 0.308 e. The molecule has 0 bridgehead atoms. The summed E-state index contributed by atoms with van der Waals surface area (Å²) in [4.78, 5) is 50.6. The molecule has 0 aliphatic heterocycles. The number of hydrogen-bond donors (Lipinski definition) is 0. The van der Waals surface area contributed by atoms with Gasteiger partial charge >= 0.3 is 11.9 Å². The lowest BCUT2D eigenvalue weighted by Gasteiger charge is -2.28. The molecule has 0 saturated heterocycles. The monoisotopic (exact) mass is 396 g/mol. The highest BCUT2D eigenvalue weighted by Crippen LogP contribution is 2.47. The van der Waals surface area contributed by atoms with Gasteiger partial charge in [-0.15, -0.1) is 0 Å². The van der Waals surface area contributed by atoms with Crippen LogP contribution in [0.15, 0.2) is 41.5 Å². The standard InChI is InChI=1S/C23H24O6/c1-5-13(2)16-10-11-20(28-14(3)24)19(12-16)23(29-15(4)25)21(26)17-8-6-7-9-18(17)22(23)27/h8-13H,5-7H2,1-4H3. The number of fused-ring (bicyclic) bond motifs is 1. The fourth-order valence-corrected chi connectivity index (χ4v) is 3.80. The molecule has 0 radical (unpaired) electrons. The average molecular weight is 396 g/mol. The first-order valence-corrected chi connectivity index (χ1v) is 9.75. The van der Waals surface area contributed by atoms with E-state index in [1.54, 1.807) is 30.4 Å². The lowest BCUT2D eigenvalue weighted by atomic mass is 9.85. The third kappa shape index (κ3) is 3.43. The molecule has 1 aromatic rings. The van der Waals surface area contributed by atoms with Gasteiger partial charge in [-0.25, -0.2) is 0 Å². The normalized spacial score (nSPS) is 18.5. The van der Waals surface area contributed by atoms with Crippen molar-refractivity contribution >= 4 is 23.5 Å². The molecule has 0 amide bonds. The van der Waals surface area contributed by atoms with E-state index in [1.165, 1.54) is 6.92 Å². The van der Waals surface area contributed by atoms with Gasteiger partial charge in [-0.3, -0.25) is 19.2 Å². The number of Topliss-reactive ketones (excluding diaryl/α,β-unsaturated/α-hetero) is 2. The minimum absolute atomic E-state index is 0.0346. The van der Waals surface area contributed by atoms with E-state index in [0.29, 0.717) is 12.8 Å². The van der Waals surface area contributed by atoms with Gasteiger partial charge in [0.15, 0.2) is 0 Å². The zero-order chi connectivity index (χ0) is 21.3. The van der Waals surface area contributed by atoms with Crippen LogP contribution < -0.4 is 4.74 Å². The summed E-state index contributed by atoms with van der Waals surface area (Å²) < 4.78 is 10.8. The van der Waals surface area contributed by atoms with Crippen molar-refractivity contribution in [3.63, 3.8) is 0 Å². The fourth-order valence-electron chi connectivity index (χ4n) is 3.80. The van der Waals surface area contributed by atoms with Gasteiger partial charge in [0.05, 0.1) is 5.56 Å². The minimum Gasteiger partial charge on any atom is -0.437 e. The van der Waals surface area contributed by atoms with Crippen LogP contribution in [0.2, 0.25) is 0 Å². The number of ether oxygens (including phenoxy) is 2. The van der Waals surface area contributed by atoms with E-state index in [-0.39, 0.29) is 28.4 Å². The maximum atomic E-state index is 13.4. The Balaban J connectivity index is 2.32. The van der Waals surface area contributed by atoms with Gasteiger partial charge in [0.25, 0.3) is 5.60 Å². The summed E-state index contributed by atoms with van der Waals surface area (Å²) in [6.07, 6.45) is 5.47. The van der Waals surface area contributed by atoms with E-state index in [0.717, 1.165) is 18.9 Å². The number of allylic oxidation sites excluding steroid dienone is 2. The average Bonchev–Trinajstić information content (AvgIpc) is 2.89. The number of ketones is 2. The summed E-state index contributed by atoms with van der Waals surface area (Å²) in [6.45, 7) is 6.40. The van der Waals surface area contributed by atoms with Gasteiger partial charge in [-0.05, 0) is 42.9 Å². The number of rotatable bonds is 5. The van der Waals surface area contributed by atoms with Crippen molar-refractivity contribution in [2.75, 3.05) is 0 Å². The fraction of sp³-hybridized carbons (Fsp3) is 0.391. The molecule has 6 heteroatoms. The molecule has 1 atom stereocenters. The summed E-state index contributed by atoms with van der Waals surface area (Å²) >= 11 is 0. The number of carbonyl (C=O) groups is 4. The van der Waals surface area contributed by atoms with Gasteiger partial charge in [0, 0.05) is 25.0 Å².